The Balaban J connectivity index is 1.84. The third-order valence-electron chi connectivity index (χ3n) is 4.95. The topological polar surface area (TPSA) is 67.2 Å². The molecule has 0 saturated carbocycles. The minimum atomic E-state index is -0.279. The van der Waals surface area contributed by atoms with E-state index in [0.717, 1.165) is 17.8 Å². The number of carbonyl (C=O) groups excluding carboxylic acids is 2. The Hall–Kier alpha value is -3.12. The van der Waals surface area contributed by atoms with Gasteiger partial charge in [0.2, 0.25) is 5.91 Å². The average molecular weight is 453 g/mol. The summed E-state index contributed by atoms with van der Waals surface area (Å²) in [7, 11) is 0. The van der Waals surface area contributed by atoms with E-state index in [1.54, 1.807) is 33.8 Å². The van der Waals surface area contributed by atoms with E-state index < -0.39 is 0 Å². The molecule has 0 aliphatic carbocycles. The molecule has 2 aromatic carbocycles. The molecule has 0 aliphatic heterocycles. The van der Waals surface area contributed by atoms with E-state index in [2.05, 4.69) is 26.1 Å². The van der Waals surface area contributed by atoms with Crippen molar-refractivity contribution in [1.29, 1.82) is 0 Å². The molecule has 0 spiro atoms. The SMILES string of the molecule is CCCN(CC(=O)Nc1cc(C(C)(C)C)nn1-c1ccc(Cl)cc1)C(=O)c1ccccc1. The van der Waals surface area contributed by atoms with Crippen LogP contribution in [0, 0.1) is 0 Å². The van der Waals surface area contributed by atoms with Gasteiger partial charge in [0, 0.05) is 28.6 Å². The third-order valence-corrected chi connectivity index (χ3v) is 5.20. The number of nitrogens with zero attached hydrogens (tertiary/aromatic N) is 3. The van der Waals surface area contributed by atoms with Crippen molar-refractivity contribution in [2.75, 3.05) is 18.4 Å². The number of nitrogens with one attached hydrogen (secondary N) is 1. The fourth-order valence-corrected chi connectivity index (χ4v) is 3.38. The molecular formula is C25H29ClN4O2. The van der Waals surface area contributed by atoms with Gasteiger partial charge in [-0.2, -0.15) is 5.10 Å². The van der Waals surface area contributed by atoms with Gasteiger partial charge in [-0.05, 0) is 42.8 Å². The highest BCUT2D eigenvalue weighted by Crippen LogP contribution is 2.27. The Bertz CT molecular complexity index is 1070. The van der Waals surface area contributed by atoms with Gasteiger partial charge < -0.3 is 10.2 Å². The summed E-state index contributed by atoms with van der Waals surface area (Å²) >= 11 is 6.03. The van der Waals surface area contributed by atoms with E-state index in [9.17, 15) is 9.59 Å². The van der Waals surface area contributed by atoms with Crippen LogP contribution in [0.2, 0.25) is 5.02 Å². The van der Waals surface area contributed by atoms with Gasteiger partial charge in [0.1, 0.15) is 12.4 Å². The van der Waals surface area contributed by atoms with Crippen LogP contribution in [-0.2, 0) is 10.2 Å². The number of halogens is 1. The molecule has 7 heteroatoms. The highest BCUT2D eigenvalue weighted by atomic mass is 35.5. The van der Waals surface area contributed by atoms with E-state index in [4.69, 9.17) is 16.7 Å². The van der Waals surface area contributed by atoms with Crippen LogP contribution in [-0.4, -0.2) is 39.6 Å². The molecule has 3 rings (SSSR count). The standard InChI is InChI=1S/C25H29ClN4O2/c1-5-15-29(24(32)18-9-7-6-8-10-18)17-23(31)27-22-16-21(25(2,3)4)28-30(22)20-13-11-19(26)12-14-20/h6-14,16H,5,15,17H2,1-4H3,(H,27,31). The van der Waals surface area contributed by atoms with Gasteiger partial charge in [-0.15, -0.1) is 0 Å². The second-order valence-corrected chi connectivity index (χ2v) is 9.13. The first kappa shape index (κ1) is 23.5. The number of amides is 2. The Morgan fingerprint density at radius 3 is 2.31 bits per heavy atom. The molecule has 168 valence electrons. The van der Waals surface area contributed by atoms with Crippen molar-refractivity contribution in [3.05, 3.63) is 76.9 Å². The number of benzene rings is 2. The molecule has 3 aromatic rings. The van der Waals surface area contributed by atoms with Crippen LogP contribution in [0.15, 0.2) is 60.7 Å². The molecule has 0 radical (unpaired) electrons. The number of carbonyl (C=O) groups is 2. The summed E-state index contributed by atoms with van der Waals surface area (Å²) < 4.78 is 1.69. The van der Waals surface area contributed by atoms with Gasteiger partial charge in [0.25, 0.3) is 5.91 Å². The van der Waals surface area contributed by atoms with Crippen molar-refractivity contribution in [2.45, 2.75) is 39.5 Å². The lowest BCUT2D eigenvalue weighted by molar-refractivity contribution is -0.116. The smallest absolute Gasteiger partial charge is 0.254 e. The maximum atomic E-state index is 13.0. The molecule has 1 aromatic heterocycles. The highest BCUT2D eigenvalue weighted by Gasteiger charge is 2.23. The lowest BCUT2D eigenvalue weighted by Gasteiger charge is -2.21. The van der Waals surface area contributed by atoms with E-state index in [1.807, 2.05) is 43.3 Å². The van der Waals surface area contributed by atoms with Crippen molar-refractivity contribution in [1.82, 2.24) is 14.7 Å². The quantitative estimate of drug-likeness (QED) is 0.528. The number of anilines is 1. The number of rotatable bonds is 7. The molecular weight excluding hydrogens is 424 g/mol. The monoisotopic (exact) mass is 452 g/mol. The number of hydrogen-bond donors (Lipinski definition) is 1. The second kappa shape index (κ2) is 10.0. The van der Waals surface area contributed by atoms with Gasteiger partial charge in [0.15, 0.2) is 0 Å². The van der Waals surface area contributed by atoms with Gasteiger partial charge in [0.05, 0.1) is 11.4 Å². The number of hydrogen-bond acceptors (Lipinski definition) is 3. The minimum Gasteiger partial charge on any atom is -0.329 e. The predicted molar refractivity (Wildman–Crippen MR) is 129 cm³/mol. The van der Waals surface area contributed by atoms with Crippen LogP contribution in [0.25, 0.3) is 5.69 Å². The average Bonchev–Trinajstić information content (AvgIpc) is 3.18. The zero-order valence-corrected chi connectivity index (χ0v) is 19.7. The molecule has 0 atom stereocenters. The van der Waals surface area contributed by atoms with Crippen LogP contribution in [0.5, 0.6) is 0 Å². The normalized spacial score (nSPS) is 11.3. The highest BCUT2D eigenvalue weighted by molar-refractivity contribution is 6.30. The zero-order valence-electron chi connectivity index (χ0n) is 18.9. The molecule has 0 fully saturated rings. The molecule has 1 heterocycles. The summed E-state index contributed by atoms with van der Waals surface area (Å²) in [6, 6.07) is 18.1. The van der Waals surface area contributed by atoms with E-state index >= 15 is 0 Å². The first-order chi connectivity index (χ1) is 15.2. The van der Waals surface area contributed by atoms with Crippen molar-refractivity contribution in [2.24, 2.45) is 0 Å². The summed E-state index contributed by atoms with van der Waals surface area (Å²) in [6.45, 7) is 8.62. The van der Waals surface area contributed by atoms with Crippen molar-refractivity contribution in [3.8, 4) is 5.69 Å². The first-order valence-electron chi connectivity index (χ1n) is 10.7. The van der Waals surface area contributed by atoms with Crippen molar-refractivity contribution in [3.63, 3.8) is 0 Å². The van der Waals surface area contributed by atoms with Gasteiger partial charge >= 0.3 is 0 Å². The first-order valence-corrected chi connectivity index (χ1v) is 11.1. The second-order valence-electron chi connectivity index (χ2n) is 8.69. The fourth-order valence-electron chi connectivity index (χ4n) is 3.26. The summed E-state index contributed by atoms with van der Waals surface area (Å²) in [5, 5.41) is 8.28. The third kappa shape index (κ3) is 5.77. The summed E-state index contributed by atoms with van der Waals surface area (Å²) in [6.07, 6.45) is 0.753. The van der Waals surface area contributed by atoms with Crippen LogP contribution in [0.1, 0.15) is 50.2 Å². The lowest BCUT2D eigenvalue weighted by Crippen LogP contribution is -2.38. The van der Waals surface area contributed by atoms with Gasteiger partial charge in [-0.3, -0.25) is 9.59 Å². The molecule has 0 saturated heterocycles. The van der Waals surface area contributed by atoms with Crippen LogP contribution in [0.3, 0.4) is 0 Å². The Morgan fingerprint density at radius 1 is 1.06 bits per heavy atom. The van der Waals surface area contributed by atoms with E-state index in [1.165, 1.54) is 0 Å². The summed E-state index contributed by atoms with van der Waals surface area (Å²) in [4.78, 5) is 27.4. The zero-order chi connectivity index (χ0) is 23.3. The Labute approximate surface area is 194 Å². The Kier molecular flexibility index (Phi) is 7.36. The summed E-state index contributed by atoms with van der Waals surface area (Å²) in [5.74, 6) is 0.105. The Morgan fingerprint density at radius 2 is 1.72 bits per heavy atom. The molecule has 32 heavy (non-hydrogen) atoms. The van der Waals surface area contributed by atoms with Crippen LogP contribution in [0.4, 0.5) is 5.82 Å². The molecule has 2 amide bonds. The molecule has 0 unspecified atom stereocenters. The predicted octanol–water partition coefficient (Wildman–Crippen LogP) is 5.31. The molecule has 0 bridgehead atoms. The molecule has 6 nitrogen and oxygen atoms in total. The maximum Gasteiger partial charge on any atom is 0.254 e. The minimum absolute atomic E-state index is 0.0434. The largest absolute Gasteiger partial charge is 0.329 e. The molecule has 1 N–H and O–H groups in total. The van der Waals surface area contributed by atoms with E-state index in [-0.39, 0.29) is 23.8 Å². The summed E-state index contributed by atoms with van der Waals surface area (Å²) in [5.41, 5.74) is 1.99. The van der Waals surface area contributed by atoms with Crippen LogP contribution < -0.4 is 5.32 Å². The van der Waals surface area contributed by atoms with Crippen LogP contribution >= 0.6 is 11.6 Å². The lowest BCUT2D eigenvalue weighted by atomic mass is 9.92. The van der Waals surface area contributed by atoms with Gasteiger partial charge in [-0.25, -0.2) is 4.68 Å². The van der Waals surface area contributed by atoms with Crippen molar-refractivity contribution < 1.29 is 9.59 Å². The maximum absolute atomic E-state index is 13.0. The van der Waals surface area contributed by atoms with Gasteiger partial charge in [-0.1, -0.05) is 57.5 Å². The van der Waals surface area contributed by atoms with Crippen molar-refractivity contribution >= 4 is 29.2 Å². The fraction of sp³-hybridized carbons (Fsp3) is 0.320. The van der Waals surface area contributed by atoms with E-state index in [0.29, 0.717) is 22.9 Å². The number of aromatic nitrogens is 2. The molecule has 0 aliphatic rings.